The van der Waals surface area contributed by atoms with E-state index in [1.807, 2.05) is 40.6 Å². The Kier molecular flexibility index (Phi) is 3.88. The summed E-state index contributed by atoms with van der Waals surface area (Å²) in [6.45, 7) is 6.20. The molecule has 0 atom stereocenters. The minimum atomic E-state index is -0.270. The maximum atomic E-state index is 12.0. The van der Waals surface area contributed by atoms with Crippen LogP contribution < -0.4 is 11.1 Å². The van der Waals surface area contributed by atoms with E-state index in [0.29, 0.717) is 17.0 Å². The van der Waals surface area contributed by atoms with E-state index < -0.39 is 0 Å². The molecule has 0 saturated heterocycles. The molecule has 0 spiro atoms. The second-order valence-electron chi connectivity index (χ2n) is 7.83. The third-order valence-corrected chi connectivity index (χ3v) is 4.91. The van der Waals surface area contributed by atoms with Gasteiger partial charge in [0.25, 0.3) is 5.91 Å². The Morgan fingerprint density at radius 3 is 2.61 bits per heavy atom. The van der Waals surface area contributed by atoms with Crippen molar-refractivity contribution < 1.29 is 4.79 Å². The normalized spacial score (nSPS) is 12.0. The second kappa shape index (κ2) is 6.05. The molecule has 3 aromatic heterocycles. The summed E-state index contributed by atoms with van der Waals surface area (Å²) in [5.74, 6) is 0.275. The number of benzene rings is 1. The van der Waals surface area contributed by atoms with Gasteiger partial charge in [-0.15, -0.1) is 0 Å². The minimum absolute atomic E-state index is 0.121. The Bertz CT molecular complexity index is 1230. The molecule has 0 aliphatic carbocycles. The van der Waals surface area contributed by atoms with Crippen LogP contribution >= 0.6 is 0 Å². The zero-order chi connectivity index (χ0) is 20.2. The van der Waals surface area contributed by atoms with Crippen LogP contribution in [0.1, 0.15) is 31.1 Å². The average Bonchev–Trinajstić information content (AvgIpc) is 3.20. The summed E-state index contributed by atoms with van der Waals surface area (Å²) in [7, 11) is 3.57. The minimum Gasteiger partial charge on any atom is -0.383 e. The summed E-state index contributed by atoms with van der Waals surface area (Å²) in [6, 6.07) is 7.67. The molecular weight excluding hydrogens is 354 g/mol. The van der Waals surface area contributed by atoms with Crippen LogP contribution in [0.15, 0.2) is 30.6 Å². The predicted octanol–water partition coefficient (Wildman–Crippen LogP) is 2.68. The van der Waals surface area contributed by atoms with Crippen molar-refractivity contribution in [1.29, 1.82) is 0 Å². The summed E-state index contributed by atoms with van der Waals surface area (Å²) in [5.41, 5.74) is 9.80. The van der Waals surface area contributed by atoms with Gasteiger partial charge in [0.1, 0.15) is 17.8 Å². The van der Waals surface area contributed by atoms with Crippen molar-refractivity contribution in [2.75, 3.05) is 12.8 Å². The highest BCUT2D eigenvalue weighted by Gasteiger charge is 2.25. The van der Waals surface area contributed by atoms with Crippen LogP contribution in [0.4, 0.5) is 5.82 Å². The van der Waals surface area contributed by atoms with E-state index in [9.17, 15) is 4.79 Å². The highest BCUT2D eigenvalue weighted by Crippen LogP contribution is 2.35. The molecule has 0 radical (unpaired) electrons. The number of aromatic nitrogens is 5. The standard InChI is InChI=1S/C20H23N7O/c1-20(2,3)27-18-15(17(21)23-10-24-18)16(25-27)14-8-11-6-7-12(19(28)22-4)9-13(11)26(14)5/h6-10H,1-5H3,(H,22,28)(H2,21,23,24). The van der Waals surface area contributed by atoms with E-state index >= 15 is 0 Å². The number of hydrogen-bond acceptors (Lipinski definition) is 5. The molecule has 28 heavy (non-hydrogen) atoms. The smallest absolute Gasteiger partial charge is 0.251 e. The van der Waals surface area contributed by atoms with Crippen LogP contribution in [0.25, 0.3) is 33.3 Å². The quantitative estimate of drug-likeness (QED) is 0.559. The van der Waals surface area contributed by atoms with E-state index in [-0.39, 0.29) is 11.4 Å². The molecule has 3 N–H and O–H groups in total. The maximum Gasteiger partial charge on any atom is 0.251 e. The number of carbonyl (C=O) groups excluding carboxylic acids is 1. The van der Waals surface area contributed by atoms with Crippen LogP contribution in [0.3, 0.4) is 0 Å². The lowest BCUT2D eigenvalue weighted by Crippen LogP contribution is -2.23. The summed E-state index contributed by atoms with van der Waals surface area (Å²) in [4.78, 5) is 20.6. The molecule has 8 heteroatoms. The first-order chi connectivity index (χ1) is 13.2. The van der Waals surface area contributed by atoms with Crippen molar-refractivity contribution in [2.24, 2.45) is 7.05 Å². The maximum absolute atomic E-state index is 12.0. The molecule has 0 saturated carbocycles. The third kappa shape index (κ3) is 2.60. The molecule has 0 unspecified atom stereocenters. The molecular formula is C20H23N7O. The van der Waals surface area contributed by atoms with Crippen LogP contribution in [-0.4, -0.2) is 37.3 Å². The van der Waals surface area contributed by atoms with E-state index in [1.165, 1.54) is 6.33 Å². The Morgan fingerprint density at radius 1 is 1.18 bits per heavy atom. The van der Waals surface area contributed by atoms with Crippen LogP contribution in [0, 0.1) is 0 Å². The number of nitrogen functional groups attached to an aromatic ring is 1. The van der Waals surface area contributed by atoms with Gasteiger partial charge in [-0.2, -0.15) is 5.10 Å². The molecule has 4 aromatic rings. The first-order valence-electron chi connectivity index (χ1n) is 9.04. The SMILES string of the molecule is CNC(=O)c1ccc2cc(-c3nn(C(C)(C)C)c4ncnc(N)c34)n(C)c2c1. The molecule has 0 fully saturated rings. The number of amides is 1. The van der Waals surface area contributed by atoms with Gasteiger partial charge in [0, 0.05) is 30.6 Å². The molecule has 144 valence electrons. The fourth-order valence-electron chi connectivity index (χ4n) is 3.46. The molecule has 4 rings (SSSR count). The zero-order valence-electron chi connectivity index (χ0n) is 16.6. The average molecular weight is 377 g/mol. The van der Waals surface area contributed by atoms with Gasteiger partial charge in [0.15, 0.2) is 5.65 Å². The van der Waals surface area contributed by atoms with Crippen LogP contribution in [0.5, 0.6) is 0 Å². The van der Waals surface area contributed by atoms with Crippen molar-refractivity contribution in [3.8, 4) is 11.4 Å². The Hall–Kier alpha value is -3.42. The predicted molar refractivity (Wildman–Crippen MR) is 110 cm³/mol. The van der Waals surface area contributed by atoms with Crippen LogP contribution in [0.2, 0.25) is 0 Å². The van der Waals surface area contributed by atoms with E-state index in [2.05, 4.69) is 36.1 Å². The number of hydrogen-bond donors (Lipinski definition) is 2. The summed E-state index contributed by atoms with van der Waals surface area (Å²) in [5, 5.41) is 9.26. The second-order valence-corrected chi connectivity index (χ2v) is 7.83. The van der Waals surface area contributed by atoms with Gasteiger partial charge < -0.3 is 15.6 Å². The van der Waals surface area contributed by atoms with Crippen molar-refractivity contribution in [2.45, 2.75) is 26.3 Å². The van der Waals surface area contributed by atoms with E-state index in [0.717, 1.165) is 27.7 Å². The number of nitrogens with zero attached hydrogens (tertiary/aromatic N) is 5. The highest BCUT2D eigenvalue weighted by atomic mass is 16.1. The van der Waals surface area contributed by atoms with Crippen LogP contribution in [-0.2, 0) is 12.6 Å². The molecule has 0 bridgehead atoms. The zero-order valence-corrected chi connectivity index (χ0v) is 16.6. The van der Waals surface area contributed by atoms with Gasteiger partial charge >= 0.3 is 0 Å². The largest absolute Gasteiger partial charge is 0.383 e. The fraction of sp³-hybridized carbons (Fsp3) is 0.300. The van der Waals surface area contributed by atoms with Crippen molar-refractivity contribution in [3.63, 3.8) is 0 Å². The molecule has 3 heterocycles. The number of anilines is 1. The number of nitrogens with two attached hydrogens (primary N) is 1. The molecule has 1 amide bonds. The van der Waals surface area contributed by atoms with Crippen molar-refractivity contribution in [3.05, 3.63) is 36.2 Å². The highest BCUT2D eigenvalue weighted by molar-refractivity contribution is 6.02. The van der Waals surface area contributed by atoms with E-state index in [4.69, 9.17) is 10.8 Å². The Morgan fingerprint density at radius 2 is 1.93 bits per heavy atom. The number of nitrogens with one attached hydrogen (secondary N) is 1. The van der Waals surface area contributed by atoms with E-state index in [1.54, 1.807) is 7.05 Å². The summed E-state index contributed by atoms with van der Waals surface area (Å²) >= 11 is 0. The summed E-state index contributed by atoms with van der Waals surface area (Å²) < 4.78 is 3.90. The monoisotopic (exact) mass is 377 g/mol. The molecule has 8 nitrogen and oxygen atoms in total. The van der Waals surface area contributed by atoms with Gasteiger partial charge in [0.05, 0.1) is 16.6 Å². The lowest BCUT2D eigenvalue weighted by atomic mass is 10.1. The molecule has 0 aliphatic heterocycles. The van der Waals surface area contributed by atoms with Crippen molar-refractivity contribution in [1.82, 2.24) is 29.6 Å². The fourth-order valence-corrected chi connectivity index (χ4v) is 3.46. The lowest BCUT2D eigenvalue weighted by Gasteiger charge is -2.19. The molecule has 1 aromatic carbocycles. The summed E-state index contributed by atoms with van der Waals surface area (Å²) in [6.07, 6.45) is 1.46. The van der Waals surface area contributed by atoms with Gasteiger partial charge in [-0.05, 0) is 39.0 Å². The lowest BCUT2D eigenvalue weighted by molar-refractivity contribution is 0.0963. The number of fused-ring (bicyclic) bond motifs is 2. The number of aryl methyl sites for hydroxylation is 1. The number of carbonyl (C=O) groups is 1. The third-order valence-electron chi connectivity index (χ3n) is 4.91. The topological polar surface area (TPSA) is 104 Å². The van der Waals surface area contributed by atoms with Gasteiger partial charge in [-0.25, -0.2) is 14.6 Å². The van der Waals surface area contributed by atoms with Gasteiger partial charge in [-0.1, -0.05) is 6.07 Å². The van der Waals surface area contributed by atoms with Gasteiger partial charge in [-0.3, -0.25) is 4.79 Å². The Labute approximate surface area is 162 Å². The number of rotatable bonds is 2. The van der Waals surface area contributed by atoms with Gasteiger partial charge in [0.2, 0.25) is 0 Å². The first-order valence-corrected chi connectivity index (χ1v) is 9.04. The molecule has 0 aliphatic rings. The first kappa shape index (κ1) is 18.0. The Balaban J connectivity index is 2.02. The van der Waals surface area contributed by atoms with Crippen molar-refractivity contribution >= 4 is 33.7 Å².